The molecule has 0 aliphatic carbocycles. The maximum atomic E-state index is 12.2. The molecular formula is C26H22N2O2S. The topological polar surface area (TPSA) is 51.2 Å². The van der Waals surface area contributed by atoms with Crippen LogP contribution in [0.5, 0.6) is 5.75 Å². The van der Waals surface area contributed by atoms with E-state index in [0.717, 1.165) is 28.1 Å². The summed E-state index contributed by atoms with van der Waals surface area (Å²) in [6.45, 7) is 2.58. The van der Waals surface area contributed by atoms with E-state index in [2.05, 4.69) is 46.7 Å². The molecule has 0 spiro atoms. The molecule has 4 nitrogen and oxygen atoms in total. The number of hydrogen-bond acceptors (Lipinski definition) is 4. The van der Waals surface area contributed by atoms with Crippen LogP contribution < -0.4 is 10.1 Å². The summed E-state index contributed by atoms with van der Waals surface area (Å²) >= 11 is 1.41. The second kappa shape index (κ2) is 9.87. The van der Waals surface area contributed by atoms with Gasteiger partial charge >= 0.3 is 0 Å². The van der Waals surface area contributed by atoms with Crippen LogP contribution in [0.3, 0.4) is 0 Å². The Kier molecular flexibility index (Phi) is 6.55. The average Bonchev–Trinajstić information content (AvgIpc) is 3.28. The van der Waals surface area contributed by atoms with Crippen molar-refractivity contribution in [3.8, 4) is 28.1 Å². The lowest BCUT2D eigenvalue weighted by atomic mass is 10.0. The first-order valence-electron chi connectivity index (χ1n) is 10.0. The maximum Gasteiger partial charge on any atom is 0.250 e. The van der Waals surface area contributed by atoms with Gasteiger partial charge in [0.25, 0.3) is 0 Å². The molecule has 0 unspecified atom stereocenters. The van der Waals surface area contributed by atoms with E-state index in [0.29, 0.717) is 11.7 Å². The predicted molar refractivity (Wildman–Crippen MR) is 128 cm³/mol. The normalized spacial score (nSPS) is 10.9. The van der Waals surface area contributed by atoms with Gasteiger partial charge in [0.05, 0.1) is 12.3 Å². The molecule has 0 saturated carbocycles. The zero-order valence-corrected chi connectivity index (χ0v) is 17.9. The van der Waals surface area contributed by atoms with E-state index in [1.54, 1.807) is 6.08 Å². The summed E-state index contributed by atoms with van der Waals surface area (Å²) in [4.78, 5) is 16.8. The number of carbonyl (C=O) groups excluding carboxylic acids is 1. The lowest BCUT2D eigenvalue weighted by Gasteiger charge is -2.03. The largest absolute Gasteiger partial charge is 0.494 e. The van der Waals surface area contributed by atoms with Crippen LogP contribution >= 0.6 is 11.3 Å². The minimum atomic E-state index is -0.214. The molecule has 0 bridgehead atoms. The third-order valence-electron chi connectivity index (χ3n) is 4.64. The van der Waals surface area contributed by atoms with Crippen LogP contribution in [0, 0.1) is 0 Å². The number of amides is 1. The molecule has 0 aliphatic rings. The van der Waals surface area contributed by atoms with E-state index in [1.807, 2.05) is 54.8 Å². The molecular weight excluding hydrogens is 404 g/mol. The summed E-state index contributed by atoms with van der Waals surface area (Å²) in [7, 11) is 0. The number of anilines is 1. The summed E-state index contributed by atoms with van der Waals surface area (Å²) in [5.41, 5.74) is 5.13. The molecule has 1 aromatic heterocycles. The quantitative estimate of drug-likeness (QED) is 0.342. The summed E-state index contributed by atoms with van der Waals surface area (Å²) in [5, 5.41) is 5.35. The highest BCUT2D eigenvalue weighted by molar-refractivity contribution is 7.14. The lowest BCUT2D eigenvalue weighted by molar-refractivity contribution is -0.111. The van der Waals surface area contributed by atoms with Gasteiger partial charge in [-0.25, -0.2) is 4.98 Å². The number of ether oxygens (including phenoxy) is 1. The number of hydrogen-bond donors (Lipinski definition) is 1. The van der Waals surface area contributed by atoms with E-state index >= 15 is 0 Å². The second-order valence-corrected chi connectivity index (χ2v) is 7.66. The maximum absolute atomic E-state index is 12.2. The molecule has 0 atom stereocenters. The third kappa shape index (κ3) is 5.47. The first-order valence-corrected chi connectivity index (χ1v) is 10.9. The van der Waals surface area contributed by atoms with Crippen LogP contribution in [0.4, 0.5) is 5.13 Å². The van der Waals surface area contributed by atoms with E-state index in [9.17, 15) is 4.79 Å². The fourth-order valence-electron chi connectivity index (χ4n) is 3.09. The Bertz CT molecular complexity index is 1160. The summed E-state index contributed by atoms with van der Waals surface area (Å²) in [6, 6.07) is 26.1. The van der Waals surface area contributed by atoms with Crippen molar-refractivity contribution in [3.63, 3.8) is 0 Å². The molecule has 4 rings (SSSR count). The van der Waals surface area contributed by atoms with Gasteiger partial charge in [0.1, 0.15) is 5.75 Å². The van der Waals surface area contributed by atoms with Crippen molar-refractivity contribution in [2.24, 2.45) is 0 Å². The zero-order valence-electron chi connectivity index (χ0n) is 17.1. The minimum absolute atomic E-state index is 0.214. The SMILES string of the molecule is CCOc1ccc(/C=C/C(=O)Nc2nc(-c3ccc(-c4ccccc4)cc3)cs2)cc1. The number of aromatic nitrogens is 1. The standard InChI is InChI=1S/C26H22N2O2S/c1-2-30-23-15-8-19(9-16-23)10-17-25(29)28-26-27-24(18-31-26)22-13-11-21(12-14-22)20-6-4-3-5-7-20/h3-18H,2H2,1H3,(H,27,28,29)/b17-10+. The molecule has 0 fully saturated rings. The molecule has 0 aliphatic heterocycles. The number of rotatable bonds is 7. The smallest absolute Gasteiger partial charge is 0.250 e. The average molecular weight is 427 g/mol. The number of nitrogens with zero attached hydrogens (tertiary/aromatic N) is 1. The van der Waals surface area contributed by atoms with Gasteiger partial charge in [-0.3, -0.25) is 10.1 Å². The highest BCUT2D eigenvalue weighted by Gasteiger charge is 2.07. The van der Waals surface area contributed by atoms with Gasteiger partial charge in [-0.15, -0.1) is 11.3 Å². The van der Waals surface area contributed by atoms with Crippen molar-refractivity contribution in [1.29, 1.82) is 0 Å². The summed E-state index contributed by atoms with van der Waals surface area (Å²) < 4.78 is 5.42. The van der Waals surface area contributed by atoms with Gasteiger partial charge in [-0.1, -0.05) is 66.7 Å². The van der Waals surface area contributed by atoms with E-state index in [1.165, 1.54) is 23.0 Å². The van der Waals surface area contributed by atoms with Crippen LogP contribution in [0.25, 0.3) is 28.5 Å². The van der Waals surface area contributed by atoms with E-state index in [4.69, 9.17) is 4.74 Å². The number of benzene rings is 3. The van der Waals surface area contributed by atoms with Crippen LogP contribution in [-0.4, -0.2) is 17.5 Å². The van der Waals surface area contributed by atoms with Crippen molar-refractivity contribution in [2.45, 2.75) is 6.92 Å². The molecule has 0 radical (unpaired) electrons. The highest BCUT2D eigenvalue weighted by atomic mass is 32.1. The minimum Gasteiger partial charge on any atom is -0.494 e. The van der Waals surface area contributed by atoms with Crippen LogP contribution in [-0.2, 0) is 4.79 Å². The number of nitrogens with one attached hydrogen (secondary N) is 1. The zero-order chi connectivity index (χ0) is 21.5. The van der Waals surface area contributed by atoms with Crippen LogP contribution in [0.15, 0.2) is 90.3 Å². The summed E-state index contributed by atoms with van der Waals surface area (Å²) in [6.07, 6.45) is 3.27. The molecule has 4 aromatic rings. The van der Waals surface area contributed by atoms with Crippen molar-refractivity contribution in [1.82, 2.24) is 4.98 Å². The molecule has 1 heterocycles. The van der Waals surface area contributed by atoms with Gasteiger partial charge in [-0.2, -0.15) is 0 Å². The molecule has 3 aromatic carbocycles. The fraction of sp³-hybridized carbons (Fsp3) is 0.0769. The van der Waals surface area contributed by atoms with E-state index < -0.39 is 0 Å². The van der Waals surface area contributed by atoms with Gasteiger partial charge in [0, 0.05) is 17.0 Å². The fourth-order valence-corrected chi connectivity index (χ4v) is 3.81. The van der Waals surface area contributed by atoms with Gasteiger partial charge in [-0.05, 0) is 41.8 Å². The Morgan fingerprint density at radius 3 is 2.32 bits per heavy atom. The molecule has 1 amide bonds. The molecule has 154 valence electrons. The Hall–Kier alpha value is -3.70. The Morgan fingerprint density at radius 1 is 0.935 bits per heavy atom. The van der Waals surface area contributed by atoms with E-state index in [-0.39, 0.29) is 5.91 Å². The Balaban J connectivity index is 1.37. The summed E-state index contributed by atoms with van der Waals surface area (Å²) in [5.74, 6) is 0.602. The van der Waals surface area contributed by atoms with Crippen molar-refractivity contribution in [2.75, 3.05) is 11.9 Å². The molecule has 5 heteroatoms. The lowest BCUT2D eigenvalue weighted by Crippen LogP contribution is -2.07. The third-order valence-corrected chi connectivity index (χ3v) is 5.40. The first-order chi connectivity index (χ1) is 15.2. The Labute approximate surface area is 185 Å². The van der Waals surface area contributed by atoms with Gasteiger partial charge < -0.3 is 4.74 Å². The van der Waals surface area contributed by atoms with Crippen molar-refractivity contribution in [3.05, 3.63) is 95.9 Å². The van der Waals surface area contributed by atoms with Gasteiger partial charge in [0.2, 0.25) is 5.91 Å². The monoisotopic (exact) mass is 426 g/mol. The number of thiazole rings is 1. The highest BCUT2D eigenvalue weighted by Crippen LogP contribution is 2.27. The van der Waals surface area contributed by atoms with Crippen molar-refractivity contribution < 1.29 is 9.53 Å². The molecule has 1 N–H and O–H groups in total. The number of carbonyl (C=O) groups is 1. The van der Waals surface area contributed by atoms with Crippen molar-refractivity contribution >= 4 is 28.5 Å². The Morgan fingerprint density at radius 2 is 1.61 bits per heavy atom. The van der Waals surface area contributed by atoms with Gasteiger partial charge in [0.15, 0.2) is 5.13 Å². The van der Waals surface area contributed by atoms with Crippen LogP contribution in [0.2, 0.25) is 0 Å². The molecule has 0 saturated heterocycles. The predicted octanol–water partition coefficient (Wildman–Crippen LogP) is 6.53. The molecule has 31 heavy (non-hydrogen) atoms. The first kappa shape index (κ1) is 20.6. The second-order valence-electron chi connectivity index (χ2n) is 6.81. The van der Waals surface area contributed by atoms with Crippen LogP contribution in [0.1, 0.15) is 12.5 Å².